The van der Waals surface area contributed by atoms with Gasteiger partial charge in [-0.3, -0.25) is 9.78 Å². The first-order chi connectivity index (χ1) is 11.6. The van der Waals surface area contributed by atoms with Crippen LogP contribution in [0.1, 0.15) is 18.1 Å². The molecule has 3 aromatic rings. The number of carbonyl (C=O) groups is 1. The third-order valence-electron chi connectivity index (χ3n) is 3.68. The van der Waals surface area contributed by atoms with Gasteiger partial charge in [0.05, 0.1) is 6.54 Å². The van der Waals surface area contributed by atoms with E-state index in [9.17, 15) is 4.79 Å². The van der Waals surface area contributed by atoms with Crippen molar-refractivity contribution in [2.45, 2.75) is 26.4 Å². The van der Waals surface area contributed by atoms with Crippen molar-refractivity contribution in [2.24, 2.45) is 0 Å². The Bertz CT molecular complexity index is 811. The molecule has 0 saturated carbocycles. The number of aromatic nitrogens is 5. The summed E-state index contributed by atoms with van der Waals surface area (Å²) in [6.07, 6.45) is 7.32. The number of imidazole rings is 1. The second-order valence-corrected chi connectivity index (χ2v) is 5.42. The summed E-state index contributed by atoms with van der Waals surface area (Å²) < 4.78 is 7.15. The fraction of sp³-hybridized carbons (Fsp3) is 0.312. The van der Waals surface area contributed by atoms with Crippen LogP contribution in [-0.2, 0) is 17.9 Å². The van der Waals surface area contributed by atoms with Gasteiger partial charge in [-0.25, -0.2) is 4.98 Å². The molecular formula is C16H18N6O2. The normalized spacial score (nSPS) is 10.8. The van der Waals surface area contributed by atoms with Gasteiger partial charge in [0.1, 0.15) is 5.82 Å². The molecule has 0 fully saturated rings. The summed E-state index contributed by atoms with van der Waals surface area (Å²) in [5.41, 5.74) is 0.775. The van der Waals surface area contributed by atoms with Gasteiger partial charge in [0.25, 0.3) is 0 Å². The smallest absolute Gasteiger partial charge is 0.246 e. The monoisotopic (exact) mass is 326 g/mol. The molecule has 0 aromatic carbocycles. The first kappa shape index (κ1) is 15.9. The molecule has 0 aliphatic carbocycles. The molecule has 3 aromatic heterocycles. The molecule has 0 bridgehead atoms. The van der Waals surface area contributed by atoms with Gasteiger partial charge in [0, 0.05) is 50.4 Å². The fourth-order valence-electron chi connectivity index (χ4n) is 2.27. The number of hydrogen-bond donors (Lipinski definition) is 0. The van der Waals surface area contributed by atoms with Gasteiger partial charge in [-0.1, -0.05) is 5.16 Å². The maximum absolute atomic E-state index is 12.2. The molecule has 0 atom stereocenters. The van der Waals surface area contributed by atoms with E-state index in [4.69, 9.17) is 4.52 Å². The second kappa shape index (κ2) is 7.03. The Morgan fingerprint density at radius 3 is 2.96 bits per heavy atom. The first-order valence-corrected chi connectivity index (χ1v) is 7.58. The van der Waals surface area contributed by atoms with Gasteiger partial charge >= 0.3 is 0 Å². The summed E-state index contributed by atoms with van der Waals surface area (Å²) >= 11 is 0. The summed E-state index contributed by atoms with van der Waals surface area (Å²) in [6, 6.07) is 3.66. The molecule has 124 valence electrons. The van der Waals surface area contributed by atoms with E-state index in [1.165, 1.54) is 0 Å². The molecule has 1 amide bonds. The van der Waals surface area contributed by atoms with E-state index in [2.05, 4.69) is 20.1 Å². The molecule has 0 radical (unpaired) electrons. The quantitative estimate of drug-likeness (QED) is 0.684. The molecule has 0 aliphatic rings. The summed E-state index contributed by atoms with van der Waals surface area (Å²) in [5.74, 6) is 1.75. The first-order valence-electron chi connectivity index (χ1n) is 7.58. The van der Waals surface area contributed by atoms with Crippen LogP contribution >= 0.6 is 0 Å². The summed E-state index contributed by atoms with van der Waals surface area (Å²) in [4.78, 5) is 26.3. The van der Waals surface area contributed by atoms with E-state index in [1.54, 1.807) is 36.6 Å². The van der Waals surface area contributed by atoms with Crippen LogP contribution in [-0.4, -0.2) is 42.5 Å². The van der Waals surface area contributed by atoms with Gasteiger partial charge in [0.15, 0.2) is 0 Å². The molecule has 8 heteroatoms. The minimum Gasteiger partial charge on any atom is -0.337 e. The van der Waals surface area contributed by atoms with Crippen LogP contribution in [0.25, 0.3) is 11.4 Å². The molecule has 0 spiro atoms. The van der Waals surface area contributed by atoms with Crippen molar-refractivity contribution < 1.29 is 9.32 Å². The molecule has 0 saturated heterocycles. The zero-order chi connectivity index (χ0) is 16.9. The molecule has 8 nitrogen and oxygen atoms in total. The lowest BCUT2D eigenvalue weighted by molar-refractivity contribution is -0.131. The van der Waals surface area contributed by atoms with Crippen molar-refractivity contribution in [3.63, 3.8) is 0 Å². The predicted molar refractivity (Wildman–Crippen MR) is 85.6 cm³/mol. The Labute approximate surface area is 139 Å². The van der Waals surface area contributed by atoms with Gasteiger partial charge in [-0.2, -0.15) is 4.98 Å². The molecular weight excluding hydrogens is 308 g/mol. The Morgan fingerprint density at radius 2 is 2.25 bits per heavy atom. The van der Waals surface area contributed by atoms with Gasteiger partial charge in [0.2, 0.25) is 17.6 Å². The molecule has 0 N–H and O–H groups in total. The lowest BCUT2D eigenvalue weighted by Gasteiger charge is -2.15. The average Bonchev–Trinajstić information content (AvgIpc) is 3.22. The van der Waals surface area contributed by atoms with Crippen LogP contribution in [0.4, 0.5) is 0 Å². The number of pyridine rings is 1. The Kier molecular flexibility index (Phi) is 4.64. The highest BCUT2D eigenvalue weighted by atomic mass is 16.5. The third-order valence-corrected chi connectivity index (χ3v) is 3.68. The van der Waals surface area contributed by atoms with E-state index in [0.29, 0.717) is 24.7 Å². The van der Waals surface area contributed by atoms with E-state index in [0.717, 1.165) is 11.4 Å². The average molecular weight is 326 g/mol. The summed E-state index contributed by atoms with van der Waals surface area (Å²) in [7, 11) is 1.72. The van der Waals surface area contributed by atoms with Crippen molar-refractivity contribution in [3.05, 3.63) is 48.6 Å². The van der Waals surface area contributed by atoms with Crippen LogP contribution in [0.2, 0.25) is 0 Å². The van der Waals surface area contributed by atoms with Crippen molar-refractivity contribution in [1.82, 2.24) is 29.6 Å². The zero-order valence-electron chi connectivity index (χ0n) is 13.6. The molecule has 0 unspecified atom stereocenters. The van der Waals surface area contributed by atoms with Crippen molar-refractivity contribution in [2.75, 3.05) is 7.05 Å². The molecule has 3 heterocycles. The van der Waals surface area contributed by atoms with E-state index in [-0.39, 0.29) is 12.5 Å². The number of rotatable bonds is 6. The number of hydrogen-bond acceptors (Lipinski definition) is 6. The highest BCUT2D eigenvalue weighted by molar-refractivity contribution is 5.75. The van der Waals surface area contributed by atoms with Gasteiger partial charge in [-0.15, -0.1) is 0 Å². The Balaban J connectivity index is 1.56. The summed E-state index contributed by atoms with van der Waals surface area (Å²) in [6.45, 7) is 2.78. The van der Waals surface area contributed by atoms with Crippen LogP contribution in [0.5, 0.6) is 0 Å². The van der Waals surface area contributed by atoms with E-state index < -0.39 is 0 Å². The highest BCUT2D eigenvalue weighted by Crippen LogP contribution is 2.14. The maximum atomic E-state index is 12.2. The number of nitrogens with zero attached hydrogens (tertiary/aromatic N) is 6. The second-order valence-electron chi connectivity index (χ2n) is 5.42. The van der Waals surface area contributed by atoms with E-state index >= 15 is 0 Å². The Morgan fingerprint density at radius 1 is 1.38 bits per heavy atom. The highest BCUT2D eigenvalue weighted by Gasteiger charge is 2.15. The molecule has 0 aliphatic heterocycles. The number of amides is 1. The van der Waals surface area contributed by atoms with Gasteiger partial charge in [-0.05, 0) is 19.1 Å². The van der Waals surface area contributed by atoms with E-state index in [1.807, 2.05) is 23.8 Å². The SMILES string of the molecule is Cc1nccn1CCC(=O)N(C)Cc1nc(-c2cccnc2)no1. The van der Waals surface area contributed by atoms with Crippen molar-refractivity contribution in [1.29, 1.82) is 0 Å². The van der Waals surface area contributed by atoms with Crippen LogP contribution in [0, 0.1) is 6.92 Å². The molecule has 24 heavy (non-hydrogen) atoms. The lowest BCUT2D eigenvalue weighted by Crippen LogP contribution is -2.27. The van der Waals surface area contributed by atoms with Crippen LogP contribution in [0.3, 0.4) is 0 Å². The zero-order valence-corrected chi connectivity index (χ0v) is 13.6. The molecule has 3 rings (SSSR count). The summed E-state index contributed by atoms with van der Waals surface area (Å²) in [5, 5.41) is 3.92. The van der Waals surface area contributed by atoms with Crippen LogP contribution in [0.15, 0.2) is 41.4 Å². The van der Waals surface area contributed by atoms with Crippen LogP contribution < -0.4 is 0 Å². The number of carbonyl (C=O) groups excluding carboxylic acids is 1. The topological polar surface area (TPSA) is 89.9 Å². The minimum absolute atomic E-state index is 0.00391. The maximum Gasteiger partial charge on any atom is 0.246 e. The fourth-order valence-corrected chi connectivity index (χ4v) is 2.27. The largest absolute Gasteiger partial charge is 0.337 e. The third kappa shape index (κ3) is 3.65. The van der Waals surface area contributed by atoms with Gasteiger partial charge < -0.3 is 14.0 Å². The predicted octanol–water partition coefficient (Wildman–Crippen LogP) is 1.69. The Hall–Kier alpha value is -3.03. The lowest BCUT2D eigenvalue weighted by atomic mass is 10.3. The standard InChI is InChI=1S/C16H18N6O2/c1-12-18-7-9-22(12)8-5-15(23)21(2)11-14-19-16(20-24-14)13-4-3-6-17-10-13/h3-4,6-7,9-10H,5,8,11H2,1-2H3. The number of aryl methyl sites for hydroxylation is 2. The van der Waals surface area contributed by atoms with Crippen molar-refractivity contribution >= 4 is 5.91 Å². The minimum atomic E-state index is 0.00391. The van der Waals surface area contributed by atoms with Crippen molar-refractivity contribution in [3.8, 4) is 11.4 Å².